The van der Waals surface area contributed by atoms with Crippen molar-refractivity contribution in [3.63, 3.8) is 0 Å². The van der Waals surface area contributed by atoms with Crippen LogP contribution in [0.5, 0.6) is 0 Å². The Morgan fingerprint density at radius 1 is 1.35 bits per heavy atom. The van der Waals surface area contributed by atoms with Gasteiger partial charge < -0.3 is 5.73 Å². The number of aromatic nitrogens is 2. The van der Waals surface area contributed by atoms with Crippen LogP contribution in [-0.4, -0.2) is 21.5 Å². The summed E-state index contributed by atoms with van der Waals surface area (Å²) >= 11 is 6.46. The molecule has 2 heterocycles. The Morgan fingerprint density at radius 2 is 2.12 bits per heavy atom. The van der Waals surface area contributed by atoms with E-state index in [1.54, 1.807) is 11.3 Å². The summed E-state index contributed by atoms with van der Waals surface area (Å²) in [6.07, 6.45) is 3.51. The van der Waals surface area contributed by atoms with Crippen LogP contribution in [0, 0.1) is 0 Å². The third kappa shape index (κ3) is 3.40. The Hall–Kier alpha value is -1.44. The number of ketones is 1. The average Bonchev–Trinajstić information content (AvgIpc) is 3.00. The maximum atomic E-state index is 12.4. The van der Waals surface area contributed by atoms with Crippen LogP contribution >= 0.6 is 39.0 Å². The van der Waals surface area contributed by atoms with Crippen molar-refractivity contribution in [2.45, 2.75) is 37.3 Å². The average molecular weight is 448 g/mol. The van der Waals surface area contributed by atoms with Crippen LogP contribution in [0.1, 0.15) is 46.5 Å². The van der Waals surface area contributed by atoms with E-state index in [1.807, 2.05) is 24.3 Å². The summed E-state index contributed by atoms with van der Waals surface area (Å²) in [6.45, 7) is 2.25. The van der Waals surface area contributed by atoms with Gasteiger partial charge in [0.1, 0.15) is 10.6 Å². The number of carbonyl (C=O) groups is 1. The number of nitrogens with zero attached hydrogens (tertiary/aromatic N) is 2. The Morgan fingerprint density at radius 3 is 2.88 bits per heavy atom. The molecule has 3 aromatic rings. The monoisotopic (exact) mass is 447 g/mol. The third-order valence-corrected chi connectivity index (χ3v) is 7.24. The van der Waals surface area contributed by atoms with Gasteiger partial charge in [0.05, 0.1) is 11.1 Å². The summed E-state index contributed by atoms with van der Waals surface area (Å²) in [5.41, 5.74) is 8.31. The summed E-state index contributed by atoms with van der Waals surface area (Å²) < 4.78 is 0.958. The summed E-state index contributed by atoms with van der Waals surface area (Å²) in [5.74, 6) is 1.41. The first kappa shape index (κ1) is 17.9. The van der Waals surface area contributed by atoms with Gasteiger partial charge in [0.15, 0.2) is 10.9 Å². The Bertz CT molecular complexity index is 985. The highest BCUT2D eigenvalue weighted by Crippen LogP contribution is 2.43. The van der Waals surface area contributed by atoms with Gasteiger partial charge in [-0.1, -0.05) is 46.7 Å². The number of benzene rings is 1. The van der Waals surface area contributed by atoms with Gasteiger partial charge in [-0.25, -0.2) is 9.97 Å². The zero-order valence-electron chi connectivity index (χ0n) is 14.3. The highest BCUT2D eigenvalue weighted by atomic mass is 79.9. The fourth-order valence-electron chi connectivity index (χ4n) is 3.41. The lowest BCUT2D eigenvalue weighted by atomic mass is 9.87. The van der Waals surface area contributed by atoms with Gasteiger partial charge in [0.2, 0.25) is 0 Å². The van der Waals surface area contributed by atoms with E-state index in [0.29, 0.717) is 28.2 Å². The molecule has 1 aliphatic carbocycles. The zero-order chi connectivity index (χ0) is 18.3. The molecule has 1 aliphatic rings. The van der Waals surface area contributed by atoms with Gasteiger partial charge in [-0.05, 0) is 42.9 Å². The number of Topliss-reactive ketones (excluding diaryl/α,β-unsaturated/α-hetero) is 1. The summed E-state index contributed by atoms with van der Waals surface area (Å²) in [7, 11) is 0. The molecule has 0 bridgehead atoms. The van der Waals surface area contributed by atoms with Crippen molar-refractivity contribution >= 4 is 60.8 Å². The molecule has 0 saturated heterocycles. The van der Waals surface area contributed by atoms with Crippen molar-refractivity contribution in [1.82, 2.24) is 9.97 Å². The number of fused-ring (bicyclic) bond motifs is 3. The number of rotatable bonds is 4. The molecular weight excluding hydrogens is 430 g/mol. The molecule has 0 saturated carbocycles. The van der Waals surface area contributed by atoms with E-state index in [0.717, 1.165) is 21.1 Å². The Kier molecular flexibility index (Phi) is 5.03. The molecule has 0 spiro atoms. The zero-order valence-corrected chi connectivity index (χ0v) is 17.5. The summed E-state index contributed by atoms with van der Waals surface area (Å²) in [6, 6.07) is 7.38. The molecule has 1 aromatic carbocycles. The molecule has 0 radical (unpaired) electrons. The molecule has 0 amide bonds. The molecule has 134 valence electrons. The Balaban J connectivity index is 1.58. The summed E-state index contributed by atoms with van der Waals surface area (Å²) in [5, 5.41) is 1.60. The number of aryl methyl sites for hydroxylation is 1. The standard InChI is InChI=1S/C19H18BrN3OS2/c1-10-3-2-4-14-15(10)16-17(21)22-19(23-18(16)26-14)25-9-13(24)11-5-7-12(20)8-6-11/h5-8,10H,2-4,9H2,1H3,(H2,21,22,23)/t10-/m0/s1. The second-order valence-electron chi connectivity index (χ2n) is 6.52. The second kappa shape index (κ2) is 7.29. The van der Waals surface area contributed by atoms with Crippen molar-refractivity contribution in [3.8, 4) is 0 Å². The molecule has 26 heavy (non-hydrogen) atoms. The number of nitrogen functional groups attached to an aromatic ring is 1. The van der Waals surface area contributed by atoms with E-state index in [4.69, 9.17) is 5.73 Å². The molecule has 0 aliphatic heterocycles. The molecule has 0 fully saturated rings. The lowest BCUT2D eigenvalue weighted by Gasteiger charge is -2.18. The minimum atomic E-state index is 0.0591. The molecule has 4 rings (SSSR count). The number of hydrogen-bond acceptors (Lipinski definition) is 6. The Labute approximate surface area is 168 Å². The van der Waals surface area contributed by atoms with Crippen molar-refractivity contribution < 1.29 is 4.79 Å². The van der Waals surface area contributed by atoms with Gasteiger partial charge in [0, 0.05) is 14.9 Å². The van der Waals surface area contributed by atoms with E-state index in [9.17, 15) is 4.79 Å². The van der Waals surface area contributed by atoms with Crippen LogP contribution in [0.25, 0.3) is 10.2 Å². The van der Waals surface area contributed by atoms with Crippen LogP contribution in [0.4, 0.5) is 5.82 Å². The lowest BCUT2D eigenvalue weighted by Crippen LogP contribution is -2.06. The second-order valence-corrected chi connectivity index (χ2v) is 9.46. The number of halogens is 1. The van der Waals surface area contributed by atoms with Crippen LogP contribution in [0.2, 0.25) is 0 Å². The van der Waals surface area contributed by atoms with Crippen molar-refractivity contribution in [1.29, 1.82) is 0 Å². The molecule has 1 atom stereocenters. The van der Waals surface area contributed by atoms with E-state index in [1.165, 1.54) is 35.0 Å². The lowest BCUT2D eigenvalue weighted by molar-refractivity contribution is 0.102. The first-order valence-electron chi connectivity index (χ1n) is 8.53. The quantitative estimate of drug-likeness (QED) is 0.327. The smallest absolute Gasteiger partial charge is 0.191 e. The summed E-state index contributed by atoms with van der Waals surface area (Å²) in [4.78, 5) is 23.9. The molecule has 2 aromatic heterocycles. The minimum Gasteiger partial charge on any atom is -0.383 e. The van der Waals surface area contributed by atoms with Gasteiger partial charge in [-0.3, -0.25) is 4.79 Å². The maximum Gasteiger partial charge on any atom is 0.191 e. The maximum absolute atomic E-state index is 12.4. The molecule has 2 N–H and O–H groups in total. The van der Waals surface area contributed by atoms with Crippen molar-refractivity contribution in [3.05, 3.63) is 44.7 Å². The van der Waals surface area contributed by atoms with Crippen molar-refractivity contribution in [2.75, 3.05) is 11.5 Å². The number of carbonyl (C=O) groups excluding carboxylic acids is 1. The van der Waals surface area contributed by atoms with Gasteiger partial charge in [-0.15, -0.1) is 11.3 Å². The topological polar surface area (TPSA) is 68.9 Å². The van der Waals surface area contributed by atoms with Crippen LogP contribution < -0.4 is 5.73 Å². The van der Waals surface area contributed by atoms with Crippen LogP contribution in [0.15, 0.2) is 33.9 Å². The number of anilines is 1. The first-order valence-corrected chi connectivity index (χ1v) is 11.1. The van der Waals surface area contributed by atoms with Crippen LogP contribution in [-0.2, 0) is 6.42 Å². The normalized spacial score (nSPS) is 16.6. The number of thioether (sulfide) groups is 1. The molecule has 0 unspecified atom stereocenters. The predicted octanol–water partition coefficient (Wildman–Crippen LogP) is 5.45. The minimum absolute atomic E-state index is 0.0591. The van der Waals surface area contributed by atoms with Crippen LogP contribution in [0.3, 0.4) is 0 Å². The highest BCUT2D eigenvalue weighted by Gasteiger charge is 2.25. The molecule has 4 nitrogen and oxygen atoms in total. The fourth-order valence-corrected chi connectivity index (χ4v) is 5.82. The van der Waals surface area contributed by atoms with Gasteiger partial charge in [-0.2, -0.15) is 0 Å². The predicted molar refractivity (Wildman–Crippen MR) is 112 cm³/mol. The van der Waals surface area contributed by atoms with Gasteiger partial charge >= 0.3 is 0 Å². The van der Waals surface area contributed by atoms with E-state index < -0.39 is 0 Å². The third-order valence-electron chi connectivity index (χ3n) is 4.71. The molecular formula is C19H18BrN3OS2. The number of thiophene rings is 1. The molecule has 7 heteroatoms. The number of hydrogen-bond donors (Lipinski definition) is 1. The SMILES string of the molecule is C[C@H]1CCCc2sc3nc(SCC(=O)c4ccc(Br)cc4)nc(N)c3c21. The van der Waals surface area contributed by atoms with Crippen molar-refractivity contribution in [2.24, 2.45) is 0 Å². The number of nitrogens with two attached hydrogens (primary N) is 1. The largest absolute Gasteiger partial charge is 0.383 e. The van der Waals surface area contributed by atoms with E-state index in [-0.39, 0.29) is 5.78 Å². The fraction of sp³-hybridized carbons (Fsp3) is 0.316. The van der Waals surface area contributed by atoms with Gasteiger partial charge in [0.25, 0.3) is 0 Å². The first-order chi connectivity index (χ1) is 12.5. The van der Waals surface area contributed by atoms with E-state index >= 15 is 0 Å². The highest BCUT2D eigenvalue weighted by molar-refractivity contribution is 9.10. The van der Waals surface area contributed by atoms with E-state index in [2.05, 4.69) is 32.8 Å².